The lowest BCUT2D eigenvalue weighted by Gasteiger charge is -0.0786. The number of hydrogen-bond donors (Lipinski definition) is 0. The van der Waals surface area contributed by atoms with E-state index in [1.54, 1.807) is 0 Å². The summed E-state index contributed by atoms with van der Waals surface area (Å²) < 4.78 is 0. The van der Waals surface area contributed by atoms with Gasteiger partial charge in [-0.2, -0.15) is 0 Å². The van der Waals surface area contributed by atoms with Crippen LogP contribution in [0.5, 0.6) is 0 Å². The lowest BCUT2D eigenvalue weighted by Crippen LogP contribution is -0.382. The second-order valence-electron chi connectivity index (χ2n) is 0. The van der Waals surface area contributed by atoms with Crippen molar-refractivity contribution in [2.45, 2.75) is 59.4 Å². The van der Waals surface area contributed by atoms with E-state index in [-0.39, 0.29) is 519 Å². The fraction of sp³-hybridized carbons (Fsp3) is 1.00. The molecule has 277 valence electrons. The highest BCUT2D eigenvalue weighted by Gasteiger charge is 0.0512. The summed E-state index contributed by atoms with van der Waals surface area (Å²) >= 11 is 0. The van der Waals surface area contributed by atoms with Crippen LogP contribution < -0.4 is 0 Å². The largest absolute Gasteiger partial charge is 0.0776 e. The van der Waals surface area contributed by atoms with Crippen LogP contribution in [0.3, 0.4) is 0 Å². The molecule has 0 spiro atoms. The minimum Gasteiger partial charge on any atom is -0.0776 e. The molecule has 0 aliphatic heterocycles. The summed E-state index contributed by atoms with van der Waals surface area (Å²) in [6.07, 6.45) is 0. The summed E-state index contributed by atoms with van der Waals surface area (Å²) in [4.78, 5) is 0. The van der Waals surface area contributed by atoms with Crippen molar-refractivity contribution in [3.63, 3.8) is 0 Å². The maximum Gasteiger partial charge on any atom is 0 e. The van der Waals surface area contributed by atoms with E-state index in [1.165, 1.54) is 0 Å². The molecule has 0 aliphatic carbocycles. The first kappa shape index (κ1) is 20800. The van der Waals surface area contributed by atoms with Crippen molar-refractivity contribution >= 4 is 412 Å². The average Bonchev–Trinajstić information content (AvgIpc) is 0. The van der Waals surface area contributed by atoms with Crippen molar-refractivity contribution < 1.29 is 47.1 Å². The summed E-state index contributed by atoms with van der Waals surface area (Å²) in [6.45, 7) is 0. The third kappa shape index (κ3) is 19100. The minimum absolute atomic E-state index is 0. The fourth-order valence-corrected chi connectivity index (χ4v) is 0. The van der Waals surface area contributed by atoms with Crippen LogP contribution in [-0.4, -0.2) is 412 Å². The molecule has 0 amide bonds. The standard InChI is InChI=1S/8CH4.49B.33H2/h8*1H4;;;;;;;;;;;;;;;;;;;;;;;;;;;;;;;;;;;;;;;;;;;;;;;;;;33*1H/i;;;;;;;;;;;;;;;;;;;;;;;;;;;;;;;;;;;;;;;;;;;;;;;;;;;;;;;;;27*1+1;;;;;;. The predicted molar refractivity (Wildman–Crippen MR) is 406 cm³/mol. The molecule has 0 heterocycles. The highest BCUT2D eigenvalue weighted by molar-refractivity contribution is 5.80. The van der Waals surface area contributed by atoms with E-state index < -0.39 is 0 Å². The third-order valence-electron chi connectivity index (χ3n) is 0. The zero-order chi connectivity index (χ0) is 0. The van der Waals surface area contributed by atoms with E-state index in [0.29, 0.717) is 0 Å². The summed E-state index contributed by atoms with van der Waals surface area (Å²) in [5.41, 5.74) is 0. The third-order valence-corrected chi connectivity index (χ3v) is 0. The first-order valence-electron chi connectivity index (χ1n) is 0. The van der Waals surface area contributed by atoms with Crippen molar-refractivity contribution in [3.8, 4) is 0 Å². The van der Waals surface area contributed by atoms with E-state index >= 15 is 0 Å². The topological polar surface area (TPSA) is 0 Å². The van der Waals surface area contributed by atoms with E-state index in [2.05, 4.69) is 0 Å². The van der Waals surface area contributed by atoms with Crippen molar-refractivity contribution in [3.05, 3.63) is 0 Å². The van der Waals surface area contributed by atoms with Crippen LogP contribution in [0, 0.1) is 0 Å². The van der Waals surface area contributed by atoms with E-state index in [9.17, 15) is 0 Å². The first-order valence-corrected chi connectivity index (χ1v) is 0. The van der Waals surface area contributed by atoms with Gasteiger partial charge in [-0.25, -0.2) is 0 Å². The van der Waals surface area contributed by atoms with Gasteiger partial charge in [0.25, 0.3) is 0 Å². The Labute approximate surface area is 517 Å². The Morgan fingerprint density at radius 1 is 0.0702 bits per heavy atom. The van der Waals surface area contributed by atoms with Crippen molar-refractivity contribution in [2.75, 3.05) is 0 Å². The first-order chi connectivity index (χ1) is 0. The van der Waals surface area contributed by atoms with Crippen LogP contribution in [0.15, 0.2) is 0 Å². The molecule has 0 atom stereocenters. The zero-order valence-corrected chi connectivity index (χ0v) is 28.3. The highest BCUT2D eigenvalue weighted by Crippen LogP contribution is 0.152. The van der Waals surface area contributed by atoms with Gasteiger partial charge in [0.2, 0.25) is 0 Å². The van der Waals surface area contributed by atoms with Gasteiger partial charge in [0.05, 0.1) is 0 Å². The average molecular weight is 752 g/mol. The molecule has 0 rings (SSSR count). The fourth-order valence-electron chi connectivity index (χ4n) is 0. The second kappa shape index (κ2) is 19800. The van der Waals surface area contributed by atoms with Crippen molar-refractivity contribution in [2.24, 2.45) is 0 Å². The maximum atomic E-state index is 0. The van der Waals surface area contributed by atoms with Crippen LogP contribution in [0.1, 0.15) is 106 Å². The van der Waals surface area contributed by atoms with E-state index in [4.69, 9.17) is 0 Å². The summed E-state index contributed by atoms with van der Waals surface area (Å²) in [6, 6.07) is 0. The molecule has 0 nitrogen and oxygen atoms in total. The SMILES string of the molecule is C.C.C.C.C.C.C.C.[2HH].[2HH].[2HH].[2HH].[2HH].[2HH].[2HH].[2HH].[2HH].[2HH].[2HH].[2HH].[2HH].[2HH].[2HH].[2HH].[2HH].[2HH].[2HH].[2HH].[2HH].[2HH].[2HH].[2HH].[2HH].[2HH].[2HH].[B].[B].[B].[B].[B].[B].[B].[B].[B].[B].[B].[B].[B].[B].[B].[B].[B].[B].[B].[B].[B].[B].[B].[B].[B].[B].[B].[B].[B].[B].[B].[B].[B].[B].[B].[B].[B].[B].[B].[B].[B].[B].[B].[B].[B].[B].[B].[B].[B].[HH].[HH].[HH].[HH].[HH].[HH]. The van der Waals surface area contributed by atoms with Crippen LogP contribution >= 0.6 is 0 Å². The minimum atomic E-state index is 0. The summed E-state index contributed by atoms with van der Waals surface area (Å²) in [5, 5.41) is 0. The maximum absolute atomic E-state index is 0. The highest BCUT2D eigenvalue weighted by atomic mass is 12.0. The molecule has 0 unspecified atom stereocenters. The molecular weight excluding hydrogens is 626 g/mol. The molecule has 0 aliphatic rings. The van der Waals surface area contributed by atoms with Gasteiger partial charge < -0.3 is 0 Å². The lowest BCUT2D eigenvalue weighted by molar-refractivity contribution is 2.50. The smallest absolute Gasteiger partial charge is 0 e. The monoisotopic (exact) mass is 761 g/mol. The molecule has 57 heavy (non-hydrogen) atoms. The summed E-state index contributed by atoms with van der Waals surface area (Å²) in [5.74, 6) is 0. The van der Waals surface area contributed by atoms with Gasteiger partial charge in [-0.1, -0.05) is 59.4 Å². The Morgan fingerprint density at radius 3 is 0.0702 bits per heavy atom. The second-order valence-corrected chi connectivity index (χ2v) is 0. The molecule has 0 aromatic heterocycles. The van der Waals surface area contributed by atoms with Gasteiger partial charge >= 0.3 is 0 Å². The van der Waals surface area contributed by atoms with Crippen molar-refractivity contribution in [1.82, 2.24) is 0 Å². The van der Waals surface area contributed by atoms with Crippen LogP contribution in [0.2, 0.25) is 0 Å². The molecule has 0 bridgehead atoms. The van der Waals surface area contributed by atoms with Crippen LogP contribution in [0.25, 0.3) is 0 Å². The Kier molecular flexibility index (Phi) is 7230000. The molecule has 0 N–H and O–H groups in total. The molecule has 0 saturated carbocycles. The molecule has 0 aromatic carbocycles. The van der Waals surface area contributed by atoms with Gasteiger partial charge in [-0.15, -0.1) is 0 Å². The Hall–Kier alpha value is 3.18. The Bertz CT molecular complexity index is 119. The van der Waals surface area contributed by atoms with Gasteiger partial charge in [-0.05, 0) is 0 Å². The van der Waals surface area contributed by atoms with Gasteiger partial charge in [0.15, 0.2) is 0 Å². The van der Waals surface area contributed by atoms with Crippen LogP contribution in [-0.2, 0) is 0 Å². The van der Waals surface area contributed by atoms with Crippen LogP contribution in [0.4, 0.5) is 0 Å². The quantitative estimate of drug-likeness (QED) is 0.217. The predicted octanol–water partition coefficient (Wildman–Crippen LogP) is -5.45. The summed E-state index contributed by atoms with van der Waals surface area (Å²) in [7, 11) is 0. The molecule has 0 saturated heterocycles. The Morgan fingerprint density at radius 2 is 0.0702 bits per heavy atom. The van der Waals surface area contributed by atoms with E-state index in [1.807, 2.05) is 0 Å². The van der Waals surface area contributed by atoms with E-state index in [0.717, 1.165) is 0 Å². The number of rotatable bonds is 0. The van der Waals surface area contributed by atoms with Gasteiger partial charge in [-0.3, -0.25) is 0 Å². The normalized spacial score (nSPS) is 0. The number of hydrogen-bond acceptors (Lipinski definition) is 0. The zero-order valence-electron chi connectivity index (χ0n) is 28.3. The molecule has 147 radical (unpaired) electrons. The molecule has 49 heteroatoms. The van der Waals surface area contributed by atoms with Gasteiger partial charge in [0, 0.05) is 459 Å². The molecular formula is C8H98B49. The van der Waals surface area contributed by atoms with Crippen molar-refractivity contribution in [1.29, 1.82) is 0 Å². The molecule has 0 aromatic rings. The Balaban J connectivity index is 0. The van der Waals surface area contributed by atoms with Gasteiger partial charge in [0.1, 0.15) is 0 Å². The lowest BCUT2D eigenvalue weighted by atomic mass is 10.8. The molecule has 0 fully saturated rings.